The number of carbonyl (C=O) groups excluding carboxylic acids is 1. The molecule has 0 aromatic heterocycles. The Balaban J connectivity index is 2.33. The van der Waals surface area contributed by atoms with Crippen LogP contribution in [0.5, 0.6) is 0 Å². The van der Waals surface area contributed by atoms with Crippen molar-refractivity contribution in [1.29, 1.82) is 0 Å². The molecular weight excluding hydrogens is 322 g/mol. The maximum Gasteiger partial charge on any atom is 0.329 e. The summed E-state index contributed by atoms with van der Waals surface area (Å²) in [7, 11) is 0. The Labute approximate surface area is 145 Å². The summed E-state index contributed by atoms with van der Waals surface area (Å²) in [6.45, 7) is 0. The van der Waals surface area contributed by atoms with Crippen molar-refractivity contribution < 1.29 is 24.6 Å². The van der Waals surface area contributed by atoms with E-state index in [0.29, 0.717) is 11.1 Å². The summed E-state index contributed by atoms with van der Waals surface area (Å²) in [5.74, 6) is -2.93. The average Bonchev–Trinajstić information content (AvgIpc) is 2.61. The largest absolute Gasteiger partial charge is 0.481 e. The summed E-state index contributed by atoms with van der Waals surface area (Å²) >= 11 is 0. The lowest BCUT2D eigenvalue weighted by molar-refractivity contribution is -0.145. The SMILES string of the molecule is O=C(O)CC[C@](Cc1ccccc1)(NC(=O)c1ccccc1)C(=O)O. The number of carboxylic acid groups (broad SMARTS) is 2. The molecule has 0 aliphatic rings. The van der Waals surface area contributed by atoms with Gasteiger partial charge in [-0.25, -0.2) is 4.79 Å². The van der Waals surface area contributed by atoms with E-state index in [0.717, 1.165) is 0 Å². The fourth-order valence-corrected chi connectivity index (χ4v) is 2.57. The van der Waals surface area contributed by atoms with Crippen LogP contribution in [-0.4, -0.2) is 33.6 Å². The minimum absolute atomic E-state index is 0.00493. The lowest BCUT2D eigenvalue weighted by Crippen LogP contribution is -2.56. The molecule has 0 heterocycles. The van der Waals surface area contributed by atoms with Gasteiger partial charge in [-0.3, -0.25) is 9.59 Å². The standard InChI is InChI=1S/C19H19NO5/c21-16(22)11-12-19(18(24)25,13-14-7-3-1-4-8-14)20-17(23)15-9-5-2-6-10-15/h1-10H,11-13H2,(H,20,23)(H,21,22)(H,24,25)/t19-/m1/s1. The fourth-order valence-electron chi connectivity index (χ4n) is 2.57. The van der Waals surface area contributed by atoms with Crippen molar-refractivity contribution >= 4 is 17.8 Å². The molecule has 2 aromatic rings. The van der Waals surface area contributed by atoms with E-state index in [-0.39, 0.29) is 19.3 Å². The van der Waals surface area contributed by atoms with Crippen LogP contribution in [0.2, 0.25) is 0 Å². The van der Waals surface area contributed by atoms with Crippen molar-refractivity contribution in [3.8, 4) is 0 Å². The smallest absolute Gasteiger partial charge is 0.329 e. The normalized spacial score (nSPS) is 12.8. The molecule has 0 saturated heterocycles. The van der Waals surface area contributed by atoms with E-state index in [1.165, 1.54) is 0 Å². The third-order valence-corrected chi connectivity index (χ3v) is 3.91. The second-order valence-corrected chi connectivity index (χ2v) is 5.76. The molecule has 0 bridgehead atoms. The minimum atomic E-state index is -1.70. The Kier molecular flexibility index (Phi) is 5.89. The van der Waals surface area contributed by atoms with Gasteiger partial charge in [0.05, 0.1) is 0 Å². The summed E-state index contributed by atoms with van der Waals surface area (Å²) in [6.07, 6.45) is -0.589. The van der Waals surface area contributed by atoms with Gasteiger partial charge in [0, 0.05) is 18.4 Å². The minimum Gasteiger partial charge on any atom is -0.481 e. The van der Waals surface area contributed by atoms with E-state index in [9.17, 15) is 19.5 Å². The molecule has 1 amide bonds. The highest BCUT2D eigenvalue weighted by Crippen LogP contribution is 2.21. The topological polar surface area (TPSA) is 104 Å². The number of aliphatic carboxylic acids is 2. The van der Waals surface area contributed by atoms with E-state index in [1.807, 2.05) is 0 Å². The van der Waals surface area contributed by atoms with Gasteiger partial charge in [0.1, 0.15) is 5.54 Å². The molecule has 25 heavy (non-hydrogen) atoms. The highest BCUT2D eigenvalue weighted by molar-refractivity contribution is 5.98. The van der Waals surface area contributed by atoms with Gasteiger partial charge in [0.25, 0.3) is 5.91 Å². The zero-order valence-corrected chi connectivity index (χ0v) is 13.5. The third-order valence-electron chi connectivity index (χ3n) is 3.91. The summed E-state index contributed by atoms with van der Waals surface area (Å²) in [4.78, 5) is 35.4. The number of nitrogens with one attached hydrogen (secondary N) is 1. The van der Waals surface area contributed by atoms with Crippen LogP contribution in [-0.2, 0) is 16.0 Å². The van der Waals surface area contributed by atoms with Gasteiger partial charge >= 0.3 is 11.9 Å². The van der Waals surface area contributed by atoms with Crippen LogP contribution in [0.25, 0.3) is 0 Å². The maximum absolute atomic E-state index is 12.5. The zero-order valence-electron chi connectivity index (χ0n) is 13.5. The van der Waals surface area contributed by atoms with E-state index < -0.39 is 23.4 Å². The third kappa shape index (κ3) is 4.91. The maximum atomic E-state index is 12.5. The summed E-state index contributed by atoms with van der Waals surface area (Å²) in [5.41, 5.74) is -0.688. The van der Waals surface area contributed by atoms with E-state index in [4.69, 9.17) is 5.11 Å². The molecule has 6 nitrogen and oxygen atoms in total. The lowest BCUT2D eigenvalue weighted by Gasteiger charge is -2.30. The summed E-state index contributed by atoms with van der Waals surface area (Å²) in [5, 5.41) is 21.3. The molecule has 0 unspecified atom stereocenters. The highest BCUT2D eigenvalue weighted by atomic mass is 16.4. The number of carbonyl (C=O) groups is 3. The van der Waals surface area contributed by atoms with Crippen LogP contribution in [0.15, 0.2) is 60.7 Å². The van der Waals surface area contributed by atoms with Crippen molar-refractivity contribution in [2.45, 2.75) is 24.8 Å². The molecule has 0 aliphatic heterocycles. The summed E-state index contributed by atoms with van der Waals surface area (Å²) in [6, 6.07) is 17.0. The van der Waals surface area contributed by atoms with Gasteiger partial charge in [-0.2, -0.15) is 0 Å². The quantitative estimate of drug-likeness (QED) is 0.684. The predicted octanol–water partition coefficient (Wildman–Crippen LogP) is 2.35. The number of rotatable bonds is 8. The van der Waals surface area contributed by atoms with E-state index >= 15 is 0 Å². The second-order valence-electron chi connectivity index (χ2n) is 5.76. The molecule has 0 spiro atoms. The molecule has 130 valence electrons. The molecular formula is C19H19NO5. The molecule has 3 N–H and O–H groups in total. The Morgan fingerprint density at radius 2 is 1.44 bits per heavy atom. The number of hydrogen-bond acceptors (Lipinski definition) is 3. The number of hydrogen-bond donors (Lipinski definition) is 3. The van der Waals surface area contributed by atoms with Crippen LogP contribution < -0.4 is 5.32 Å². The first-order valence-corrected chi connectivity index (χ1v) is 7.80. The van der Waals surface area contributed by atoms with Crippen molar-refractivity contribution in [1.82, 2.24) is 5.32 Å². The molecule has 2 aromatic carbocycles. The van der Waals surface area contributed by atoms with Gasteiger partial charge in [0.2, 0.25) is 0 Å². The van der Waals surface area contributed by atoms with Crippen molar-refractivity contribution in [2.75, 3.05) is 0 Å². The van der Waals surface area contributed by atoms with Crippen LogP contribution in [0.3, 0.4) is 0 Å². The van der Waals surface area contributed by atoms with Gasteiger partial charge < -0.3 is 15.5 Å². The monoisotopic (exact) mass is 341 g/mol. The first-order chi connectivity index (χ1) is 11.9. The fraction of sp³-hybridized carbons (Fsp3) is 0.211. The molecule has 0 saturated carbocycles. The van der Waals surface area contributed by atoms with Gasteiger partial charge in [0.15, 0.2) is 0 Å². The van der Waals surface area contributed by atoms with Crippen LogP contribution in [0, 0.1) is 0 Å². The second kappa shape index (κ2) is 8.10. The van der Waals surface area contributed by atoms with Crippen LogP contribution in [0.1, 0.15) is 28.8 Å². The van der Waals surface area contributed by atoms with Gasteiger partial charge in [-0.15, -0.1) is 0 Å². The zero-order chi connectivity index (χ0) is 18.3. The van der Waals surface area contributed by atoms with Gasteiger partial charge in [-0.1, -0.05) is 48.5 Å². The average molecular weight is 341 g/mol. The number of benzene rings is 2. The Bertz CT molecular complexity index is 745. The van der Waals surface area contributed by atoms with Crippen molar-refractivity contribution in [3.63, 3.8) is 0 Å². The molecule has 6 heteroatoms. The summed E-state index contributed by atoms with van der Waals surface area (Å²) < 4.78 is 0. The Morgan fingerprint density at radius 1 is 0.880 bits per heavy atom. The first kappa shape index (κ1) is 18.2. The molecule has 1 atom stereocenters. The van der Waals surface area contributed by atoms with E-state index in [2.05, 4.69) is 5.32 Å². The Hall–Kier alpha value is -3.15. The van der Waals surface area contributed by atoms with E-state index in [1.54, 1.807) is 60.7 Å². The van der Waals surface area contributed by atoms with Crippen LogP contribution >= 0.6 is 0 Å². The van der Waals surface area contributed by atoms with Crippen molar-refractivity contribution in [3.05, 3.63) is 71.8 Å². The lowest BCUT2D eigenvalue weighted by atomic mass is 9.85. The molecule has 2 rings (SSSR count). The first-order valence-electron chi connectivity index (χ1n) is 7.80. The highest BCUT2D eigenvalue weighted by Gasteiger charge is 2.40. The molecule has 0 radical (unpaired) electrons. The predicted molar refractivity (Wildman–Crippen MR) is 91.3 cm³/mol. The number of amides is 1. The molecule has 0 aliphatic carbocycles. The van der Waals surface area contributed by atoms with Crippen molar-refractivity contribution in [2.24, 2.45) is 0 Å². The molecule has 0 fully saturated rings. The van der Waals surface area contributed by atoms with Crippen LogP contribution in [0.4, 0.5) is 0 Å². The van der Waals surface area contributed by atoms with Gasteiger partial charge in [-0.05, 0) is 24.1 Å². The number of carboxylic acids is 2. The Morgan fingerprint density at radius 3 is 1.96 bits per heavy atom.